The van der Waals surface area contributed by atoms with Gasteiger partial charge >= 0.3 is 5.97 Å². The highest BCUT2D eigenvalue weighted by Crippen LogP contribution is 2.37. The zero-order valence-corrected chi connectivity index (χ0v) is 21.9. The number of nitrogens with zero attached hydrogens (tertiary/aromatic N) is 2. The molecule has 0 aliphatic carbocycles. The molecule has 0 atom stereocenters. The average molecular weight is 495 g/mol. The summed E-state index contributed by atoms with van der Waals surface area (Å²) < 4.78 is 11.9. The fraction of sp³-hybridized carbons (Fsp3) is 0.346. The maximum atomic E-state index is 12.6. The van der Waals surface area contributed by atoms with E-state index >= 15 is 0 Å². The van der Waals surface area contributed by atoms with E-state index in [4.69, 9.17) is 9.16 Å². The number of carbonyl (C=O) groups excluding carboxylic acids is 2. The SMILES string of the molecule is CCOC(=O)/C(C#N)=C1\SCC(=O)N1CCO[Si](c1ccccc1)(c1ccccc1)C(C)(C)C. The van der Waals surface area contributed by atoms with Crippen LogP contribution in [0.2, 0.25) is 5.04 Å². The first-order valence-corrected chi connectivity index (χ1v) is 14.1. The van der Waals surface area contributed by atoms with Crippen molar-refractivity contribution in [2.45, 2.75) is 32.7 Å². The predicted octanol–water partition coefficient (Wildman–Crippen LogP) is 3.44. The molecule has 178 valence electrons. The molecular formula is C26H30N2O4SSi. The molecule has 1 saturated heterocycles. The molecule has 0 aromatic heterocycles. The molecule has 0 bridgehead atoms. The first-order valence-electron chi connectivity index (χ1n) is 11.3. The van der Waals surface area contributed by atoms with Crippen molar-refractivity contribution in [1.82, 2.24) is 4.90 Å². The summed E-state index contributed by atoms with van der Waals surface area (Å²) in [6.07, 6.45) is 0. The van der Waals surface area contributed by atoms with Crippen molar-refractivity contribution in [3.63, 3.8) is 0 Å². The van der Waals surface area contributed by atoms with E-state index in [0.717, 1.165) is 10.4 Å². The Morgan fingerprint density at radius 2 is 1.65 bits per heavy atom. The second kappa shape index (κ2) is 11.0. The Labute approximate surface area is 206 Å². The van der Waals surface area contributed by atoms with Crippen molar-refractivity contribution in [3.8, 4) is 6.07 Å². The van der Waals surface area contributed by atoms with Crippen LogP contribution in [-0.4, -0.2) is 50.6 Å². The van der Waals surface area contributed by atoms with Gasteiger partial charge in [-0.25, -0.2) is 4.79 Å². The van der Waals surface area contributed by atoms with Gasteiger partial charge in [-0.1, -0.05) is 93.2 Å². The Hall–Kier alpha value is -2.86. The number of rotatable bonds is 8. The number of amides is 1. The van der Waals surface area contributed by atoms with Crippen LogP contribution in [0.25, 0.3) is 0 Å². The average Bonchev–Trinajstić information content (AvgIpc) is 3.18. The van der Waals surface area contributed by atoms with Crippen LogP contribution >= 0.6 is 11.8 Å². The maximum absolute atomic E-state index is 12.6. The van der Waals surface area contributed by atoms with Gasteiger partial charge < -0.3 is 14.1 Å². The van der Waals surface area contributed by atoms with E-state index < -0.39 is 14.3 Å². The van der Waals surface area contributed by atoms with Gasteiger partial charge in [-0.15, -0.1) is 0 Å². The zero-order valence-electron chi connectivity index (χ0n) is 20.0. The number of carbonyl (C=O) groups is 2. The van der Waals surface area contributed by atoms with E-state index in [1.807, 2.05) is 42.5 Å². The molecule has 0 N–H and O–H groups in total. The lowest BCUT2D eigenvalue weighted by molar-refractivity contribution is -0.138. The highest BCUT2D eigenvalue weighted by Gasteiger charge is 2.50. The third-order valence-corrected chi connectivity index (χ3v) is 11.9. The van der Waals surface area contributed by atoms with E-state index in [9.17, 15) is 14.9 Å². The van der Waals surface area contributed by atoms with Crippen molar-refractivity contribution >= 4 is 42.3 Å². The summed E-state index contributed by atoms with van der Waals surface area (Å²) in [5.41, 5.74) is -0.136. The van der Waals surface area contributed by atoms with Gasteiger partial charge in [-0.2, -0.15) is 5.26 Å². The van der Waals surface area contributed by atoms with E-state index in [1.54, 1.807) is 6.92 Å². The fourth-order valence-corrected chi connectivity index (χ4v) is 9.86. The molecule has 8 heteroatoms. The van der Waals surface area contributed by atoms with E-state index in [2.05, 4.69) is 45.0 Å². The van der Waals surface area contributed by atoms with Gasteiger partial charge in [-0.3, -0.25) is 4.79 Å². The van der Waals surface area contributed by atoms with Crippen LogP contribution in [0.5, 0.6) is 0 Å². The van der Waals surface area contributed by atoms with Gasteiger partial charge in [0.15, 0.2) is 5.57 Å². The van der Waals surface area contributed by atoms with Crippen molar-refractivity contribution in [2.75, 3.05) is 25.5 Å². The normalized spacial score (nSPS) is 15.7. The van der Waals surface area contributed by atoms with Gasteiger partial charge in [0.2, 0.25) is 5.91 Å². The third kappa shape index (κ3) is 5.12. The number of hydrogen-bond donors (Lipinski definition) is 0. The molecule has 1 aliphatic rings. The highest BCUT2D eigenvalue weighted by molar-refractivity contribution is 8.04. The number of hydrogen-bond acceptors (Lipinski definition) is 6. The van der Waals surface area contributed by atoms with Gasteiger partial charge in [-0.05, 0) is 22.3 Å². The zero-order chi connectivity index (χ0) is 24.8. The molecule has 0 unspecified atom stereocenters. The van der Waals surface area contributed by atoms with Gasteiger partial charge in [0.25, 0.3) is 8.32 Å². The molecule has 0 spiro atoms. The first-order chi connectivity index (χ1) is 16.3. The fourth-order valence-electron chi connectivity index (χ4n) is 4.27. The van der Waals surface area contributed by atoms with Gasteiger partial charge in [0.1, 0.15) is 11.1 Å². The molecule has 1 heterocycles. The molecule has 1 amide bonds. The summed E-state index contributed by atoms with van der Waals surface area (Å²) in [6.45, 7) is 8.93. The Kier molecular flexibility index (Phi) is 8.36. The molecular weight excluding hydrogens is 464 g/mol. The van der Waals surface area contributed by atoms with Crippen molar-refractivity contribution in [2.24, 2.45) is 0 Å². The monoisotopic (exact) mass is 494 g/mol. The minimum absolute atomic E-state index is 0.136. The molecule has 1 fully saturated rings. The van der Waals surface area contributed by atoms with Gasteiger partial charge in [0, 0.05) is 6.54 Å². The predicted molar refractivity (Wildman–Crippen MR) is 137 cm³/mol. The number of thioether (sulfide) groups is 1. The summed E-state index contributed by atoms with van der Waals surface area (Å²) >= 11 is 1.19. The molecule has 34 heavy (non-hydrogen) atoms. The first kappa shape index (κ1) is 25.8. The summed E-state index contributed by atoms with van der Waals surface area (Å²) in [6, 6.07) is 22.4. The van der Waals surface area contributed by atoms with E-state index in [-0.39, 0.29) is 42.0 Å². The lowest BCUT2D eigenvalue weighted by atomic mass is 10.2. The summed E-state index contributed by atoms with van der Waals surface area (Å²) in [5, 5.41) is 12.0. The third-order valence-electron chi connectivity index (χ3n) is 5.73. The lowest BCUT2D eigenvalue weighted by Gasteiger charge is -2.43. The Balaban J connectivity index is 1.96. The second-order valence-corrected chi connectivity index (χ2v) is 14.1. The number of ether oxygens (including phenoxy) is 1. The smallest absolute Gasteiger partial charge is 0.351 e. The van der Waals surface area contributed by atoms with Crippen LogP contribution in [0.4, 0.5) is 0 Å². The Morgan fingerprint density at radius 3 is 2.12 bits per heavy atom. The van der Waals surface area contributed by atoms with E-state index in [0.29, 0.717) is 5.03 Å². The Morgan fingerprint density at radius 1 is 1.09 bits per heavy atom. The summed E-state index contributed by atoms with van der Waals surface area (Å²) in [4.78, 5) is 26.4. The molecule has 2 aromatic rings. The Bertz CT molecular complexity index is 1050. The van der Waals surface area contributed by atoms with Crippen LogP contribution < -0.4 is 10.4 Å². The van der Waals surface area contributed by atoms with Crippen molar-refractivity contribution < 1.29 is 18.8 Å². The highest BCUT2D eigenvalue weighted by atomic mass is 32.2. The van der Waals surface area contributed by atoms with Crippen molar-refractivity contribution in [1.29, 1.82) is 5.26 Å². The summed E-state index contributed by atoms with van der Waals surface area (Å²) in [7, 11) is -2.75. The minimum atomic E-state index is -2.75. The standard InChI is InChI=1S/C26H30N2O4SSi/c1-5-31-25(30)22(18-27)24-28(23(29)19-33-24)16-17-32-34(26(2,3)4,20-12-8-6-9-13-20)21-14-10-7-11-15-21/h6-15H,5,16-17,19H2,1-4H3/b24-22-. The quantitative estimate of drug-likeness (QED) is 0.242. The van der Waals surface area contributed by atoms with Crippen molar-refractivity contribution in [3.05, 3.63) is 71.3 Å². The van der Waals surface area contributed by atoms with Crippen LogP contribution in [0.1, 0.15) is 27.7 Å². The molecule has 0 saturated carbocycles. The summed E-state index contributed by atoms with van der Waals surface area (Å²) in [5.74, 6) is -0.678. The molecule has 0 radical (unpaired) electrons. The molecule has 3 rings (SSSR count). The van der Waals surface area contributed by atoms with Crippen LogP contribution in [0, 0.1) is 11.3 Å². The topological polar surface area (TPSA) is 79.6 Å². The van der Waals surface area contributed by atoms with Crippen LogP contribution in [-0.2, 0) is 18.8 Å². The number of nitriles is 1. The van der Waals surface area contributed by atoms with Gasteiger partial charge in [0.05, 0.1) is 19.0 Å². The second-order valence-electron chi connectivity index (χ2n) is 8.86. The molecule has 2 aromatic carbocycles. The minimum Gasteiger partial charge on any atom is -0.462 e. The van der Waals surface area contributed by atoms with Crippen LogP contribution in [0.3, 0.4) is 0 Å². The number of benzene rings is 2. The lowest BCUT2D eigenvalue weighted by Crippen LogP contribution is -2.67. The number of esters is 1. The van der Waals surface area contributed by atoms with E-state index in [1.165, 1.54) is 16.7 Å². The maximum Gasteiger partial charge on any atom is 0.351 e. The molecule has 1 aliphatic heterocycles. The largest absolute Gasteiger partial charge is 0.462 e. The van der Waals surface area contributed by atoms with Crippen LogP contribution in [0.15, 0.2) is 71.3 Å². The molecule has 6 nitrogen and oxygen atoms in total.